The molecule has 0 saturated carbocycles. The molecule has 2 heterocycles. The van der Waals surface area contributed by atoms with Gasteiger partial charge in [0.2, 0.25) is 10.0 Å². The maximum absolute atomic E-state index is 12.8. The molecule has 1 amide bonds. The molecule has 1 N–H and O–H groups in total. The van der Waals surface area contributed by atoms with Gasteiger partial charge < -0.3 is 10.2 Å². The summed E-state index contributed by atoms with van der Waals surface area (Å²) in [5.41, 5.74) is 0.446. The van der Waals surface area contributed by atoms with Gasteiger partial charge in [0, 0.05) is 44.3 Å². The zero-order valence-electron chi connectivity index (χ0n) is 14.5. The average Bonchev–Trinajstić information content (AvgIpc) is 2.62. The van der Waals surface area contributed by atoms with Crippen molar-refractivity contribution in [2.45, 2.75) is 37.1 Å². The lowest BCUT2D eigenvalue weighted by atomic mass is 10.1. The van der Waals surface area contributed by atoms with Crippen LogP contribution in [0.25, 0.3) is 0 Å². The lowest BCUT2D eigenvalue weighted by Gasteiger charge is -2.34. The Bertz CT molecular complexity index is 705. The fourth-order valence-electron chi connectivity index (χ4n) is 3.35. The van der Waals surface area contributed by atoms with Crippen molar-refractivity contribution < 1.29 is 13.2 Å². The number of piperidine rings is 1. The van der Waals surface area contributed by atoms with Crippen molar-refractivity contribution in [3.63, 3.8) is 0 Å². The van der Waals surface area contributed by atoms with Gasteiger partial charge in [-0.15, -0.1) is 12.4 Å². The second-order valence-electron chi connectivity index (χ2n) is 6.54. The van der Waals surface area contributed by atoms with Crippen LogP contribution in [-0.4, -0.2) is 62.3 Å². The maximum Gasteiger partial charge on any atom is 0.254 e. The minimum atomic E-state index is -3.51. The van der Waals surface area contributed by atoms with Gasteiger partial charge in [0.05, 0.1) is 4.90 Å². The molecule has 2 aliphatic heterocycles. The number of nitrogens with zero attached hydrogens (tertiary/aromatic N) is 2. The molecule has 1 aromatic rings. The number of carbonyl (C=O) groups is 1. The first-order valence-corrected chi connectivity index (χ1v) is 10.1. The van der Waals surface area contributed by atoms with E-state index < -0.39 is 10.0 Å². The molecule has 2 aliphatic rings. The summed E-state index contributed by atoms with van der Waals surface area (Å²) < 4.78 is 27.1. The lowest BCUT2D eigenvalue weighted by Crippen LogP contribution is -2.52. The molecule has 0 aromatic heterocycles. The number of piperazine rings is 1. The predicted molar refractivity (Wildman–Crippen MR) is 99.7 cm³/mol. The van der Waals surface area contributed by atoms with E-state index in [1.165, 1.54) is 10.4 Å². The van der Waals surface area contributed by atoms with E-state index in [0.29, 0.717) is 25.2 Å². The summed E-state index contributed by atoms with van der Waals surface area (Å²) in [4.78, 5) is 14.8. The van der Waals surface area contributed by atoms with Crippen LogP contribution in [0.4, 0.5) is 0 Å². The number of sulfonamides is 1. The van der Waals surface area contributed by atoms with Crippen LogP contribution >= 0.6 is 12.4 Å². The molecule has 0 spiro atoms. The molecule has 1 aromatic carbocycles. The summed E-state index contributed by atoms with van der Waals surface area (Å²) in [6, 6.07) is 6.58. The number of amides is 1. The van der Waals surface area contributed by atoms with Gasteiger partial charge in [-0.2, -0.15) is 4.31 Å². The Morgan fingerprint density at radius 2 is 1.88 bits per heavy atom. The van der Waals surface area contributed by atoms with Crippen molar-refractivity contribution in [2.24, 2.45) is 0 Å². The largest absolute Gasteiger partial charge is 0.333 e. The van der Waals surface area contributed by atoms with Crippen LogP contribution in [0, 0.1) is 0 Å². The first-order chi connectivity index (χ1) is 11.5. The summed E-state index contributed by atoms with van der Waals surface area (Å²) in [6.07, 6.45) is 2.87. The Morgan fingerprint density at radius 3 is 2.56 bits per heavy atom. The van der Waals surface area contributed by atoms with Crippen LogP contribution in [0.15, 0.2) is 29.2 Å². The van der Waals surface area contributed by atoms with E-state index in [9.17, 15) is 13.2 Å². The van der Waals surface area contributed by atoms with E-state index in [2.05, 4.69) is 5.32 Å². The molecule has 0 bridgehead atoms. The summed E-state index contributed by atoms with van der Waals surface area (Å²) in [5, 5.41) is 3.25. The van der Waals surface area contributed by atoms with Crippen molar-refractivity contribution in [1.29, 1.82) is 0 Å². The fraction of sp³-hybridized carbons (Fsp3) is 0.588. The van der Waals surface area contributed by atoms with Crippen LogP contribution in [0.3, 0.4) is 0 Å². The molecule has 2 saturated heterocycles. The van der Waals surface area contributed by atoms with Crippen LogP contribution in [0.5, 0.6) is 0 Å². The minimum Gasteiger partial charge on any atom is -0.333 e. The van der Waals surface area contributed by atoms with Gasteiger partial charge in [-0.05, 0) is 38.0 Å². The first kappa shape index (κ1) is 20.2. The van der Waals surface area contributed by atoms with Crippen molar-refractivity contribution in [3.05, 3.63) is 29.8 Å². The quantitative estimate of drug-likeness (QED) is 0.857. The topological polar surface area (TPSA) is 69.7 Å². The molecular weight excluding hydrogens is 362 g/mol. The summed E-state index contributed by atoms with van der Waals surface area (Å²) in [6.45, 7) is 5.30. The van der Waals surface area contributed by atoms with Crippen molar-refractivity contribution in [3.8, 4) is 0 Å². The Morgan fingerprint density at radius 1 is 1.16 bits per heavy atom. The third-order valence-electron chi connectivity index (χ3n) is 4.80. The van der Waals surface area contributed by atoms with Crippen molar-refractivity contribution >= 4 is 28.3 Å². The minimum absolute atomic E-state index is 0. The highest BCUT2D eigenvalue weighted by atomic mass is 35.5. The molecule has 25 heavy (non-hydrogen) atoms. The van der Waals surface area contributed by atoms with E-state index in [1.807, 2.05) is 11.8 Å². The van der Waals surface area contributed by atoms with E-state index >= 15 is 0 Å². The SMILES string of the molecule is C[C@H]1CNCCN1C(=O)c1cccc(S(=O)(=O)N2CCCCC2)c1.Cl. The molecule has 0 radical (unpaired) electrons. The standard InChI is InChI=1S/C17H25N3O3S.ClH/c1-14-13-18-8-11-20(14)17(21)15-6-5-7-16(12-15)24(22,23)19-9-3-2-4-10-19;/h5-7,12,14,18H,2-4,8-11,13H2,1H3;1H/t14-;/m0./s1. The third-order valence-corrected chi connectivity index (χ3v) is 6.69. The Hall–Kier alpha value is -1.15. The molecule has 6 nitrogen and oxygen atoms in total. The van der Waals surface area contributed by atoms with Gasteiger partial charge in [0.1, 0.15) is 0 Å². The van der Waals surface area contributed by atoms with E-state index in [1.54, 1.807) is 18.2 Å². The Kier molecular flexibility index (Phi) is 6.85. The summed E-state index contributed by atoms with van der Waals surface area (Å²) in [7, 11) is -3.51. The molecule has 8 heteroatoms. The number of rotatable bonds is 3. The number of nitrogens with one attached hydrogen (secondary N) is 1. The molecule has 0 unspecified atom stereocenters. The zero-order chi connectivity index (χ0) is 17.2. The van der Waals surface area contributed by atoms with Crippen molar-refractivity contribution in [2.75, 3.05) is 32.7 Å². The lowest BCUT2D eigenvalue weighted by molar-refractivity contribution is 0.0655. The number of hydrogen-bond acceptors (Lipinski definition) is 4. The highest BCUT2D eigenvalue weighted by molar-refractivity contribution is 7.89. The van der Waals surface area contributed by atoms with Gasteiger partial charge >= 0.3 is 0 Å². The van der Waals surface area contributed by atoms with E-state index in [0.717, 1.165) is 32.4 Å². The maximum atomic E-state index is 12.8. The fourth-order valence-corrected chi connectivity index (χ4v) is 4.92. The number of benzene rings is 1. The predicted octanol–water partition coefficient (Wildman–Crippen LogP) is 1.72. The van der Waals surface area contributed by atoms with Crippen LogP contribution in [0.1, 0.15) is 36.5 Å². The van der Waals surface area contributed by atoms with E-state index in [-0.39, 0.29) is 29.3 Å². The monoisotopic (exact) mass is 387 g/mol. The summed E-state index contributed by atoms with van der Waals surface area (Å²) in [5.74, 6) is -0.0975. The van der Waals surface area contributed by atoms with Gasteiger partial charge in [0.15, 0.2) is 0 Å². The Labute approximate surface area is 156 Å². The second kappa shape index (κ2) is 8.49. The van der Waals surface area contributed by atoms with Crippen LogP contribution < -0.4 is 5.32 Å². The van der Waals surface area contributed by atoms with Crippen LogP contribution in [0.2, 0.25) is 0 Å². The zero-order valence-corrected chi connectivity index (χ0v) is 16.1. The normalized spacial score (nSPS) is 22.3. The second-order valence-corrected chi connectivity index (χ2v) is 8.48. The molecule has 0 aliphatic carbocycles. The molecule has 140 valence electrons. The molecule has 2 fully saturated rings. The van der Waals surface area contributed by atoms with Gasteiger partial charge in [-0.25, -0.2) is 8.42 Å². The van der Waals surface area contributed by atoms with Crippen LogP contribution in [-0.2, 0) is 10.0 Å². The van der Waals surface area contributed by atoms with Gasteiger partial charge in [-0.1, -0.05) is 12.5 Å². The Balaban J connectivity index is 0.00000225. The molecular formula is C17H26ClN3O3S. The molecule has 1 atom stereocenters. The number of halogens is 1. The van der Waals surface area contributed by atoms with Crippen molar-refractivity contribution in [1.82, 2.24) is 14.5 Å². The van der Waals surface area contributed by atoms with Gasteiger partial charge in [0.25, 0.3) is 5.91 Å². The first-order valence-electron chi connectivity index (χ1n) is 8.62. The third kappa shape index (κ3) is 4.34. The molecule has 3 rings (SSSR count). The highest BCUT2D eigenvalue weighted by Crippen LogP contribution is 2.22. The van der Waals surface area contributed by atoms with E-state index in [4.69, 9.17) is 0 Å². The number of carbonyl (C=O) groups excluding carboxylic acids is 1. The summed E-state index contributed by atoms with van der Waals surface area (Å²) >= 11 is 0. The van der Waals surface area contributed by atoms with Gasteiger partial charge in [-0.3, -0.25) is 4.79 Å². The average molecular weight is 388 g/mol. The highest BCUT2D eigenvalue weighted by Gasteiger charge is 2.28. The smallest absolute Gasteiger partial charge is 0.254 e. The number of hydrogen-bond donors (Lipinski definition) is 1.